The van der Waals surface area contributed by atoms with Gasteiger partial charge in [-0.15, -0.1) is 0 Å². The number of carbonyl (C=O) groups excluding carboxylic acids is 1. The minimum atomic E-state index is -1.60. The van der Waals surface area contributed by atoms with Crippen LogP contribution in [-0.2, 0) is 11.3 Å². The van der Waals surface area contributed by atoms with Gasteiger partial charge in [-0.25, -0.2) is 9.59 Å². The smallest absolute Gasteiger partial charge is 0.334 e. The molecule has 0 saturated carbocycles. The lowest BCUT2D eigenvalue weighted by Gasteiger charge is -2.15. The summed E-state index contributed by atoms with van der Waals surface area (Å²) in [6, 6.07) is 1.07. The lowest BCUT2D eigenvalue weighted by molar-refractivity contribution is -0.146. The first-order valence-corrected chi connectivity index (χ1v) is 5.41. The molecule has 2 atom stereocenters. The van der Waals surface area contributed by atoms with E-state index in [1.54, 1.807) is 30.1 Å². The molecular formula is C10H16N4O4. The summed E-state index contributed by atoms with van der Waals surface area (Å²) in [5, 5.41) is 26.2. The number of aliphatic hydroxyl groups excluding tert-OH is 1. The normalized spacial score (nSPS) is 13.7. The highest BCUT2D eigenvalue weighted by atomic mass is 16.4. The fourth-order valence-corrected chi connectivity index (χ4v) is 1.29. The van der Waals surface area contributed by atoms with E-state index in [-0.39, 0.29) is 12.6 Å². The van der Waals surface area contributed by atoms with Gasteiger partial charge in [-0.05, 0) is 13.0 Å². The van der Waals surface area contributed by atoms with Gasteiger partial charge in [0.2, 0.25) is 0 Å². The quantitative estimate of drug-likeness (QED) is 0.522. The molecule has 0 radical (unpaired) electrons. The van der Waals surface area contributed by atoms with Crippen LogP contribution in [0.1, 0.15) is 6.92 Å². The predicted octanol–water partition coefficient (Wildman–Crippen LogP) is -0.984. The van der Waals surface area contributed by atoms with Gasteiger partial charge in [-0.2, -0.15) is 5.10 Å². The summed E-state index contributed by atoms with van der Waals surface area (Å²) >= 11 is 0. The van der Waals surface area contributed by atoms with Crippen LogP contribution < -0.4 is 10.6 Å². The highest BCUT2D eigenvalue weighted by Crippen LogP contribution is 1.90. The van der Waals surface area contributed by atoms with E-state index in [1.807, 2.05) is 0 Å². The van der Waals surface area contributed by atoms with E-state index in [0.717, 1.165) is 0 Å². The van der Waals surface area contributed by atoms with Gasteiger partial charge in [0.1, 0.15) is 0 Å². The van der Waals surface area contributed by atoms with E-state index in [4.69, 9.17) is 10.2 Å². The molecule has 1 aromatic rings. The molecule has 0 aromatic carbocycles. The lowest BCUT2D eigenvalue weighted by atomic mass is 10.3. The van der Waals surface area contributed by atoms with Gasteiger partial charge >= 0.3 is 12.0 Å². The number of carboxylic acids is 1. The molecular weight excluding hydrogens is 240 g/mol. The van der Waals surface area contributed by atoms with Crippen molar-refractivity contribution in [2.24, 2.45) is 0 Å². The van der Waals surface area contributed by atoms with Gasteiger partial charge in [0, 0.05) is 18.4 Å². The number of urea groups is 1. The Bertz CT molecular complexity index is 393. The third-order valence-corrected chi connectivity index (χ3v) is 2.14. The molecule has 0 spiro atoms. The van der Waals surface area contributed by atoms with E-state index < -0.39 is 18.1 Å². The molecule has 8 nitrogen and oxygen atoms in total. The van der Waals surface area contributed by atoms with Gasteiger partial charge < -0.3 is 20.8 Å². The molecule has 0 aliphatic rings. The second-order valence-electron chi connectivity index (χ2n) is 3.84. The Morgan fingerprint density at radius 3 is 2.78 bits per heavy atom. The Kier molecular flexibility index (Phi) is 5.12. The number of amides is 2. The second-order valence-corrected chi connectivity index (χ2v) is 3.84. The number of aliphatic carboxylic acids is 1. The summed E-state index contributed by atoms with van der Waals surface area (Å²) in [5.41, 5.74) is 0. The minimum absolute atomic E-state index is 0.174. The van der Waals surface area contributed by atoms with E-state index in [0.29, 0.717) is 6.54 Å². The van der Waals surface area contributed by atoms with Crippen LogP contribution in [0, 0.1) is 0 Å². The minimum Gasteiger partial charge on any atom is -0.479 e. The maximum atomic E-state index is 11.4. The first-order chi connectivity index (χ1) is 8.49. The summed E-state index contributed by atoms with van der Waals surface area (Å²) in [5.74, 6) is -1.38. The zero-order chi connectivity index (χ0) is 13.5. The highest BCUT2D eigenvalue weighted by Gasteiger charge is 2.14. The zero-order valence-corrected chi connectivity index (χ0v) is 9.91. The Hall–Kier alpha value is -2.09. The number of nitrogens with zero attached hydrogens (tertiary/aromatic N) is 2. The van der Waals surface area contributed by atoms with Gasteiger partial charge in [-0.1, -0.05) is 0 Å². The average molecular weight is 256 g/mol. The Balaban J connectivity index is 2.25. The molecule has 2 amide bonds. The molecule has 100 valence electrons. The lowest BCUT2D eigenvalue weighted by Crippen LogP contribution is -2.46. The number of nitrogens with one attached hydrogen (secondary N) is 2. The van der Waals surface area contributed by atoms with Crippen molar-refractivity contribution in [2.45, 2.75) is 25.6 Å². The average Bonchev–Trinajstić information content (AvgIpc) is 2.78. The Morgan fingerprint density at radius 1 is 1.50 bits per heavy atom. The standard InChI is InChI=1S/C10H16N4O4/c1-7(6-14-4-2-3-12-14)13-10(18)11-5-8(15)9(16)17/h2-4,7-8,15H,5-6H2,1H3,(H,16,17)(H2,11,13,18). The fourth-order valence-electron chi connectivity index (χ4n) is 1.29. The number of aromatic nitrogens is 2. The van der Waals surface area contributed by atoms with Gasteiger partial charge in [0.05, 0.1) is 13.1 Å². The Morgan fingerprint density at radius 2 is 2.22 bits per heavy atom. The zero-order valence-electron chi connectivity index (χ0n) is 9.91. The number of rotatable bonds is 6. The highest BCUT2D eigenvalue weighted by molar-refractivity contribution is 5.76. The van der Waals surface area contributed by atoms with Crippen molar-refractivity contribution in [2.75, 3.05) is 6.54 Å². The van der Waals surface area contributed by atoms with E-state index in [1.165, 1.54) is 0 Å². The first kappa shape index (κ1) is 14.0. The Labute approximate surface area is 104 Å². The van der Waals surface area contributed by atoms with Crippen LogP contribution in [0.5, 0.6) is 0 Å². The van der Waals surface area contributed by atoms with Crippen molar-refractivity contribution in [3.8, 4) is 0 Å². The van der Waals surface area contributed by atoms with Crippen LogP contribution in [-0.4, -0.2) is 50.7 Å². The number of hydrogen-bond donors (Lipinski definition) is 4. The van der Waals surface area contributed by atoms with Crippen LogP contribution in [0.3, 0.4) is 0 Å². The molecule has 0 fully saturated rings. The fraction of sp³-hybridized carbons (Fsp3) is 0.500. The van der Waals surface area contributed by atoms with E-state index >= 15 is 0 Å². The van der Waals surface area contributed by atoms with Crippen molar-refractivity contribution >= 4 is 12.0 Å². The summed E-state index contributed by atoms with van der Waals surface area (Å²) in [6.45, 7) is 1.95. The van der Waals surface area contributed by atoms with Gasteiger partial charge in [0.15, 0.2) is 6.10 Å². The summed E-state index contributed by atoms with van der Waals surface area (Å²) < 4.78 is 1.66. The van der Waals surface area contributed by atoms with Crippen LogP contribution in [0.15, 0.2) is 18.5 Å². The van der Waals surface area contributed by atoms with Crippen molar-refractivity contribution in [3.63, 3.8) is 0 Å². The largest absolute Gasteiger partial charge is 0.479 e. The maximum Gasteiger partial charge on any atom is 0.334 e. The monoisotopic (exact) mass is 256 g/mol. The van der Waals surface area contributed by atoms with Crippen LogP contribution >= 0.6 is 0 Å². The van der Waals surface area contributed by atoms with Crippen molar-refractivity contribution in [3.05, 3.63) is 18.5 Å². The second kappa shape index (κ2) is 6.60. The molecule has 0 aliphatic heterocycles. The third kappa shape index (κ3) is 4.83. The number of carbonyl (C=O) groups is 2. The number of aliphatic hydroxyl groups is 1. The summed E-state index contributed by atoms with van der Waals surface area (Å²) in [4.78, 5) is 21.7. The third-order valence-electron chi connectivity index (χ3n) is 2.14. The molecule has 2 unspecified atom stereocenters. The van der Waals surface area contributed by atoms with Crippen LogP contribution in [0.2, 0.25) is 0 Å². The molecule has 1 rings (SSSR count). The predicted molar refractivity (Wildman–Crippen MR) is 61.9 cm³/mol. The van der Waals surface area contributed by atoms with Crippen molar-refractivity contribution in [1.82, 2.24) is 20.4 Å². The summed E-state index contributed by atoms with van der Waals surface area (Å²) in [7, 11) is 0. The van der Waals surface area contributed by atoms with Crippen molar-refractivity contribution < 1.29 is 19.8 Å². The first-order valence-electron chi connectivity index (χ1n) is 5.41. The van der Waals surface area contributed by atoms with Crippen LogP contribution in [0.25, 0.3) is 0 Å². The van der Waals surface area contributed by atoms with E-state index in [2.05, 4.69) is 15.7 Å². The molecule has 0 aliphatic carbocycles. The molecule has 8 heteroatoms. The molecule has 0 bridgehead atoms. The molecule has 1 heterocycles. The molecule has 4 N–H and O–H groups in total. The SMILES string of the molecule is CC(Cn1cccn1)NC(=O)NCC(O)C(=O)O. The number of hydrogen-bond acceptors (Lipinski definition) is 4. The molecule has 1 aromatic heterocycles. The van der Waals surface area contributed by atoms with Gasteiger partial charge in [-0.3, -0.25) is 4.68 Å². The summed E-state index contributed by atoms with van der Waals surface area (Å²) in [6.07, 6.45) is 1.80. The maximum absolute atomic E-state index is 11.4. The molecule has 18 heavy (non-hydrogen) atoms. The topological polar surface area (TPSA) is 116 Å². The van der Waals surface area contributed by atoms with Crippen LogP contribution in [0.4, 0.5) is 4.79 Å². The van der Waals surface area contributed by atoms with Gasteiger partial charge in [0.25, 0.3) is 0 Å². The molecule has 0 saturated heterocycles. The van der Waals surface area contributed by atoms with Crippen molar-refractivity contribution in [1.29, 1.82) is 0 Å². The van der Waals surface area contributed by atoms with E-state index in [9.17, 15) is 9.59 Å². The number of carboxylic acid groups (broad SMARTS) is 1.